The van der Waals surface area contributed by atoms with E-state index in [1.165, 1.54) is 11.3 Å². The van der Waals surface area contributed by atoms with Crippen LogP contribution < -0.4 is 0 Å². The Labute approximate surface area is 109 Å². The van der Waals surface area contributed by atoms with E-state index in [2.05, 4.69) is 10.0 Å². The summed E-state index contributed by atoms with van der Waals surface area (Å²) < 4.78 is 4.89. The first-order chi connectivity index (χ1) is 8.67. The molecule has 1 rings (SSSR count). The summed E-state index contributed by atoms with van der Waals surface area (Å²) in [7, 11) is 0. The van der Waals surface area contributed by atoms with Gasteiger partial charge in [0.05, 0.1) is 19.3 Å². The Hall–Kier alpha value is -1.56. The van der Waals surface area contributed by atoms with Gasteiger partial charge in [-0.05, 0) is 37.4 Å². The first-order valence-corrected chi connectivity index (χ1v) is 6.43. The fourth-order valence-corrected chi connectivity index (χ4v) is 2.27. The second-order valence-electron chi connectivity index (χ2n) is 3.59. The molecule has 1 heterocycles. The van der Waals surface area contributed by atoms with Crippen LogP contribution in [0.5, 0.6) is 0 Å². The molecule has 0 unspecified atom stereocenters. The number of azide groups is 1. The van der Waals surface area contributed by atoms with Crippen LogP contribution in [0.2, 0.25) is 0 Å². The number of aryl methyl sites for hydroxylation is 1. The maximum Gasteiger partial charge on any atom is 0.348 e. The van der Waals surface area contributed by atoms with Crippen LogP contribution in [0.1, 0.15) is 27.9 Å². The van der Waals surface area contributed by atoms with Crippen molar-refractivity contribution in [2.75, 3.05) is 13.2 Å². The van der Waals surface area contributed by atoms with E-state index in [1.807, 2.05) is 6.07 Å². The Morgan fingerprint density at radius 2 is 2.44 bits per heavy atom. The van der Waals surface area contributed by atoms with Crippen LogP contribution in [-0.2, 0) is 11.2 Å². The number of nitrogens with zero attached hydrogens (tertiary/aromatic N) is 3. The highest BCUT2D eigenvalue weighted by atomic mass is 32.1. The zero-order valence-electron chi connectivity index (χ0n) is 10.1. The van der Waals surface area contributed by atoms with Gasteiger partial charge in [-0.25, -0.2) is 4.79 Å². The van der Waals surface area contributed by atoms with Crippen LogP contribution >= 0.6 is 11.3 Å². The van der Waals surface area contributed by atoms with Gasteiger partial charge in [0.25, 0.3) is 0 Å². The number of rotatable bonds is 7. The molecular weight excluding hydrogens is 254 g/mol. The van der Waals surface area contributed by atoms with E-state index in [4.69, 9.17) is 10.3 Å². The fourth-order valence-electron chi connectivity index (χ4n) is 1.36. The molecular formula is C11H15N3O3S. The van der Waals surface area contributed by atoms with Gasteiger partial charge in [-0.3, -0.25) is 0 Å². The molecule has 18 heavy (non-hydrogen) atoms. The summed E-state index contributed by atoms with van der Waals surface area (Å²) >= 11 is 1.36. The number of hydrogen-bond donors (Lipinski definition) is 1. The fraction of sp³-hybridized carbons (Fsp3) is 0.545. The molecule has 7 heteroatoms. The van der Waals surface area contributed by atoms with Crippen molar-refractivity contribution in [1.82, 2.24) is 0 Å². The van der Waals surface area contributed by atoms with Crippen molar-refractivity contribution in [2.45, 2.75) is 25.9 Å². The van der Waals surface area contributed by atoms with Crippen LogP contribution in [0.4, 0.5) is 0 Å². The summed E-state index contributed by atoms with van der Waals surface area (Å²) in [5, 5.41) is 12.8. The summed E-state index contributed by atoms with van der Waals surface area (Å²) in [4.78, 5) is 15.6. The number of ether oxygens (including phenoxy) is 1. The third-order valence-corrected chi connectivity index (χ3v) is 3.34. The highest BCUT2D eigenvalue weighted by molar-refractivity contribution is 7.13. The first kappa shape index (κ1) is 14.5. The molecule has 0 aliphatic heterocycles. The number of carbonyl (C=O) groups is 1. The predicted octanol–water partition coefficient (Wildman–Crippen LogP) is 2.53. The number of carbonyl (C=O) groups excluding carboxylic acids is 1. The lowest BCUT2D eigenvalue weighted by molar-refractivity contribution is 0.0532. The van der Waals surface area contributed by atoms with Gasteiger partial charge < -0.3 is 9.84 Å². The molecule has 1 aromatic rings. The van der Waals surface area contributed by atoms with Crippen molar-refractivity contribution in [3.05, 3.63) is 32.3 Å². The summed E-state index contributed by atoms with van der Waals surface area (Å²) in [5.74, 6) is -0.316. The Balaban J connectivity index is 2.44. The maximum atomic E-state index is 11.4. The van der Waals surface area contributed by atoms with Crippen LogP contribution in [-0.4, -0.2) is 30.3 Å². The third-order valence-electron chi connectivity index (χ3n) is 2.22. The van der Waals surface area contributed by atoms with Crippen LogP contribution in [0.25, 0.3) is 10.4 Å². The van der Waals surface area contributed by atoms with Crippen molar-refractivity contribution >= 4 is 17.3 Å². The summed E-state index contributed by atoms with van der Waals surface area (Å²) in [6.45, 7) is 2.20. The smallest absolute Gasteiger partial charge is 0.348 e. The molecule has 1 aromatic heterocycles. The van der Waals surface area contributed by atoms with E-state index < -0.39 is 6.10 Å². The average molecular weight is 269 g/mol. The third kappa shape index (κ3) is 4.75. The van der Waals surface area contributed by atoms with Gasteiger partial charge in [0.1, 0.15) is 4.88 Å². The maximum absolute atomic E-state index is 11.4. The molecule has 0 amide bonds. The molecule has 0 saturated carbocycles. The lowest BCUT2D eigenvalue weighted by Gasteiger charge is -2.04. The van der Waals surface area contributed by atoms with Gasteiger partial charge in [0.2, 0.25) is 0 Å². The Morgan fingerprint density at radius 3 is 3.11 bits per heavy atom. The minimum Gasteiger partial charge on any atom is -0.462 e. The van der Waals surface area contributed by atoms with Crippen molar-refractivity contribution in [1.29, 1.82) is 0 Å². The van der Waals surface area contributed by atoms with Gasteiger partial charge in [-0.1, -0.05) is 5.11 Å². The van der Waals surface area contributed by atoms with Gasteiger partial charge in [-0.2, -0.15) is 0 Å². The number of thiophene rings is 1. The SMILES string of the molecule is CCOC(=O)c1ccc(CC[C@H](O)CN=[N+]=[N-])s1. The van der Waals surface area contributed by atoms with Gasteiger partial charge in [0.15, 0.2) is 0 Å². The zero-order valence-corrected chi connectivity index (χ0v) is 10.9. The van der Waals surface area contributed by atoms with E-state index in [-0.39, 0.29) is 12.5 Å². The molecule has 0 spiro atoms. The Bertz CT molecular complexity index is 440. The Kier molecular flexibility index (Phi) is 6.21. The molecule has 1 N–H and O–H groups in total. The van der Waals surface area contributed by atoms with E-state index in [9.17, 15) is 9.90 Å². The number of aliphatic hydroxyl groups excluding tert-OH is 1. The molecule has 0 fully saturated rings. The molecule has 1 atom stereocenters. The minimum absolute atomic E-state index is 0.0760. The second-order valence-corrected chi connectivity index (χ2v) is 4.76. The van der Waals surface area contributed by atoms with Crippen LogP contribution in [0.3, 0.4) is 0 Å². The lowest BCUT2D eigenvalue weighted by atomic mass is 10.2. The summed E-state index contributed by atoms with van der Waals surface area (Å²) in [6, 6.07) is 3.56. The van der Waals surface area contributed by atoms with E-state index in [0.717, 1.165) is 4.88 Å². The second kappa shape index (κ2) is 7.71. The first-order valence-electron chi connectivity index (χ1n) is 5.62. The number of aliphatic hydroxyl groups is 1. The molecule has 98 valence electrons. The monoisotopic (exact) mass is 269 g/mol. The van der Waals surface area contributed by atoms with E-state index >= 15 is 0 Å². The van der Waals surface area contributed by atoms with Gasteiger partial charge in [-0.15, -0.1) is 11.3 Å². The molecule has 0 aromatic carbocycles. The molecule has 0 radical (unpaired) electrons. The topological polar surface area (TPSA) is 95.3 Å². The highest BCUT2D eigenvalue weighted by Gasteiger charge is 2.11. The standard InChI is InChI=1S/C11H15N3O3S/c1-2-17-11(16)10-6-5-9(18-10)4-3-8(15)7-13-14-12/h5-6,8,15H,2-4,7H2,1H3/t8-/m0/s1. The highest BCUT2D eigenvalue weighted by Crippen LogP contribution is 2.19. The van der Waals surface area contributed by atoms with Crippen LogP contribution in [0, 0.1) is 0 Å². The summed E-state index contributed by atoms with van der Waals surface area (Å²) in [6.07, 6.45) is 0.502. The average Bonchev–Trinajstić information content (AvgIpc) is 2.83. The van der Waals surface area contributed by atoms with E-state index in [0.29, 0.717) is 24.3 Å². The normalized spacial score (nSPS) is 11.7. The van der Waals surface area contributed by atoms with Crippen LogP contribution in [0.15, 0.2) is 17.2 Å². The molecule has 0 saturated heterocycles. The number of hydrogen-bond acceptors (Lipinski definition) is 5. The van der Waals surface area contributed by atoms with Crippen molar-refractivity contribution in [2.24, 2.45) is 5.11 Å². The quantitative estimate of drug-likeness (QED) is 0.356. The largest absolute Gasteiger partial charge is 0.462 e. The molecule has 0 bridgehead atoms. The van der Waals surface area contributed by atoms with E-state index in [1.54, 1.807) is 13.0 Å². The predicted molar refractivity (Wildman–Crippen MR) is 68.6 cm³/mol. The number of esters is 1. The van der Waals surface area contributed by atoms with Crippen molar-refractivity contribution in [3.8, 4) is 0 Å². The molecule has 0 aliphatic rings. The molecule has 6 nitrogen and oxygen atoms in total. The minimum atomic E-state index is -0.644. The van der Waals surface area contributed by atoms with Gasteiger partial charge in [0, 0.05) is 9.79 Å². The zero-order chi connectivity index (χ0) is 13.4. The van der Waals surface area contributed by atoms with Crippen molar-refractivity contribution in [3.63, 3.8) is 0 Å². The molecule has 0 aliphatic carbocycles. The Morgan fingerprint density at radius 1 is 1.67 bits per heavy atom. The lowest BCUT2D eigenvalue weighted by Crippen LogP contribution is -2.10. The van der Waals surface area contributed by atoms with Crippen molar-refractivity contribution < 1.29 is 14.6 Å². The summed E-state index contributed by atoms with van der Waals surface area (Å²) in [5.41, 5.74) is 8.11. The van der Waals surface area contributed by atoms with Gasteiger partial charge >= 0.3 is 5.97 Å².